The van der Waals surface area contributed by atoms with E-state index in [1.165, 1.54) is 0 Å². The number of aryl methyl sites for hydroxylation is 1. The number of β-amino-alcohol motifs (C(OH)–C–C–N with tert-alkyl or cyclic N) is 1. The largest absolute Gasteiger partial charge is 0.488 e. The van der Waals surface area contributed by atoms with Gasteiger partial charge in [0.1, 0.15) is 18.0 Å². The average molecular weight is 432 g/mol. The van der Waals surface area contributed by atoms with Gasteiger partial charge in [0.15, 0.2) is 0 Å². The van der Waals surface area contributed by atoms with Gasteiger partial charge in [-0.2, -0.15) is 5.10 Å². The van der Waals surface area contributed by atoms with Crippen molar-refractivity contribution in [1.29, 1.82) is 0 Å². The molecule has 8 heteroatoms. The van der Waals surface area contributed by atoms with Crippen LogP contribution in [-0.4, -0.2) is 56.9 Å². The number of amides is 2. The van der Waals surface area contributed by atoms with Gasteiger partial charge in [0.05, 0.1) is 17.8 Å². The first-order valence-corrected chi connectivity index (χ1v) is 10.7. The van der Waals surface area contributed by atoms with Crippen LogP contribution in [0.3, 0.4) is 0 Å². The van der Waals surface area contributed by atoms with Gasteiger partial charge in [-0.15, -0.1) is 0 Å². The maximum Gasteiger partial charge on any atom is 0.256 e. The van der Waals surface area contributed by atoms with E-state index in [2.05, 4.69) is 10.4 Å². The Hall–Kier alpha value is -3.65. The maximum atomic E-state index is 13.2. The second-order valence-electron chi connectivity index (χ2n) is 8.10. The van der Waals surface area contributed by atoms with Crippen molar-refractivity contribution >= 4 is 17.5 Å². The Morgan fingerprint density at radius 2 is 2.03 bits per heavy atom. The van der Waals surface area contributed by atoms with Crippen molar-refractivity contribution in [2.75, 3.05) is 18.4 Å². The lowest BCUT2D eigenvalue weighted by atomic mass is 10.0. The van der Waals surface area contributed by atoms with Crippen LogP contribution in [0.1, 0.15) is 28.8 Å². The number of fused-ring (bicyclic) bond motifs is 1. The standard InChI is InChI=1S/C24H24N4O4/c29-21-15-27(24(31)18-4-1-2-5-20(18)28-12-3-11-25-28)13-10-22(21)32-17-8-6-16-7-9-23(30)26-19(16)14-17/h1-6,8,11-12,14,21-22,29H,7,9-10,13,15H2,(H,26,30)/t21-,22-/m1/s1. The third-order valence-corrected chi connectivity index (χ3v) is 5.96. The van der Waals surface area contributed by atoms with Gasteiger partial charge in [-0.1, -0.05) is 18.2 Å². The number of hydrogen-bond donors (Lipinski definition) is 2. The number of hydrogen-bond acceptors (Lipinski definition) is 5. The van der Waals surface area contributed by atoms with E-state index in [1.807, 2.05) is 30.3 Å². The van der Waals surface area contributed by atoms with Gasteiger partial charge in [-0.05, 0) is 36.2 Å². The zero-order valence-corrected chi connectivity index (χ0v) is 17.5. The van der Waals surface area contributed by atoms with Crippen LogP contribution in [-0.2, 0) is 11.2 Å². The first-order chi connectivity index (χ1) is 15.6. The molecular formula is C24H24N4O4. The molecule has 8 nitrogen and oxygen atoms in total. The van der Waals surface area contributed by atoms with Gasteiger partial charge < -0.3 is 20.1 Å². The van der Waals surface area contributed by atoms with Crippen molar-refractivity contribution in [3.05, 3.63) is 72.1 Å². The molecule has 2 aliphatic heterocycles. The Bertz CT molecular complexity index is 1140. The Kier molecular flexibility index (Phi) is 5.36. The number of aliphatic hydroxyl groups excluding tert-OH is 1. The number of carbonyl (C=O) groups excluding carboxylic acids is 2. The van der Waals surface area contributed by atoms with E-state index in [-0.39, 0.29) is 18.4 Å². The Morgan fingerprint density at radius 3 is 2.84 bits per heavy atom. The number of piperidine rings is 1. The van der Waals surface area contributed by atoms with Crippen LogP contribution >= 0.6 is 0 Å². The minimum Gasteiger partial charge on any atom is -0.488 e. The monoisotopic (exact) mass is 432 g/mol. The van der Waals surface area contributed by atoms with Crippen LogP contribution in [0.5, 0.6) is 5.75 Å². The molecule has 0 spiro atoms. The lowest BCUT2D eigenvalue weighted by molar-refractivity contribution is -0.116. The minimum atomic E-state index is -0.824. The molecule has 3 heterocycles. The number of benzene rings is 2. The fourth-order valence-electron chi connectivity index (χ4n) is 4.27. The summed E-state index contributed by atoms with van der Waals surface area (Å²) in [4.78, 5) is 26.5. The fraction of sp³-hybridized carbons (Fsp3) is 0.292. The zero-order chi connectivity index (χ0) is 22.1. The SMILES string of the molecule is O=C1CCc2ccc(O[C@@H]3CCN(C(=O)c4ccccc4-n4cccn4)C[C@H]3O)cc2N1. The summed E-state index contributed by atoms with van der Waals surface area (Å²) in [6.45, 7) is 0.647. The molecule has 164 valence electrons. The van der Waals surface area contributed by atoms with Crippen LogP contribution < -0.4 is 10.1 Å². The fourth-order valence-corrected chi connectivity index (χ4v) is 4.27. The molecular weight excluding hydrogens is 408 g/mol. The summed E-state index contributed by atoms with van der Waals surface area (Å²) in [5.41, 5.74) is 3.07. The van der Waals surface area contributed by atoms with Crippen LogP contribution in [0, 0.1) is 0 Å². The highest BCUT2D eigenvalue weighted by Gasteiger charge is 2.33. The molecule has 0 unspecified atom stereocenters. The molecule has 3 aromatic rings. The van der Waals surface area contributed by atoms with Crippen molar-refractivity contribution < 1.29 is 19.4 Å². The number of nitrogens with zero attached hydrogens (tertiary/aromatic N) is 3. The number of aromatic nitrogens is 2. The Labute approximate surface area is 185 Å². The topological polar surface area (TPSA) is 96.7 Å². The van der Waals surface area contributed by atoms with Crippen molar-refractivity contribution in [3.8, 4) is 11.4 Å². The summed E-state index contributed by atoms with van der Waals surface area (Å²) in [5, 5.41) is 17.8. The third kappa shape index (κ3) is 3.97. The highest BCUT2D eigenvalue weighted by atomic mass is 16.5. The summed E-state index contributed by atoms with van der Waals surface area (Å²) >= 11 is 0. The van der Waals surface area contributed by atoms with E-state index >= 15 is 0 Å². The molecule has 2 N–H and O–H groups in total. The molecule has 2 amide bonds. The van der Waals surface area contributed by atoms with E-state index in [1.54, 1.807) is 40.2 Å². The van der Waals surface area contributed by atoms with E-state index in [0.717, 1.165) is 11.3 Å². The van der Waals surface area contributed by atoms with E-state index in [9.17, 15) is 14.7 Å². The number of nitrogens with one attached hydrogen (secondary N) is 1. The molecule has 1 aromatic heterocycles. The lowest BCUT2D eigenvalue weighted by Gasteiger charge is -2.36. The van der Waals surface area contributed by atoms with Gasteiger partial charge in [-0.3, -0.25) is 9.59 Å². The minimum absolute atomic E-state index is 0.00287. The van der Waals surface area contributed by atoms with E-state index < -0.39 is 12.2 Å². The number of rotatable bonds is 4. The Balaban J connectivity index is 1.27. The molecule has 0 bridgehead atoms. The molecule has 5 rings (SSSR count). The number of ether oxygens (including phenoxy) is 1. The number of para-hydroxylation sites is 1. The average Bonchev–Trinajstić information content (AvgIpc) is 3.34. The zero-order valence-electron chi connectivity index (χ0n) is 17.5. The smallest absolute Gasteiger partial charge is 0.256 e. The molecule has 0 saturated carbocycles. The van der Waals surface area contributed by atoms with Gasteiger partial charge in [0.25, 0.3) is 5.91 Å². The predicted octanol–water partition coefficient (Wildman–Crippen LogP) is 2.41. The van der Waals surface area contributed by atoms with E-state index in [0.29, 0.717) is 42.8 Å². The Morgan fingerprint density at radius 1 is 1.16 bits per heavy atom. The summed E-state index contributed by atoms with van der Waals surface area (Å²) in [6, 6.07) is 14.7. The molecule has 32 heavy (non-hydrogen) atoms. The normalized spacial score (nSPS) is 20.4. The summed E-state index contributed by atoms with van der Waals surface area (Å²) in [5.74, 6) is 0.445. The highest BCUT2D eigenvalue weighted by Crippen LogP contribution is 2.29. The summed E-state index contributed by atoms with van der Waals surface area (Å²) in [7, 11) is 0. The van der Waals surface area contributed by atoms with Crippen molar-refractivity contribution in [2.24, 2.45) is 0 Å². The molecule has 1 saturated heterocycles. The molecule has 1 fully saturated rings. The molecule has 2 aliphatic rings. The first-order valence-electron chi connectivity index (χ1n) is 10.7. The van der Waals surface area contributed by atoms with Crippen molar-refractivity contribution in [3.63, 3.8) is 0 Å². The maximum absolute atomic E-state index is 13.2. The van der Waals surface area contributed by atoms with Gasteiger partial charge >= 0.3 is 0 Å². The summed E-state index contributed by atoms with van der Waals surface area (Å²) in [6.07, 6.45) is 3.90. The van der Waals surface area contributed by atoms with Crippen LogP contribution in [0.15, 0.2) is 60.9 Å². The number of aliphatic hydroxyl groups is 1. The van der Waals surface area contributed by atoms with Gasteiger partial charge in [0, 0.05) is 43.5 Å². The van der Waals surface area contributed by atoms with Gasteiger partial charge in [0.2, 0.25) is 5.91 Å². The summed E-state index contributed by atoms with van der Waals surface area (Å²) < 4.78 is 7.69. The molecule has 2 aromatic carbocycles. The van der Waals surface area contributed by atoms with Crippen molar-refractivity contribution in [1.82, 2.24) is 14.7 Å². The van der Waals surface area contributed by atoms with Crippen LogP contribution in [0.2, 0.25) is 0 Å². The molecule has 2 atom stereocenters. The second kappa shape index (κ2) is 8.47. The molecule has 0 radical (unpaired) electrons. The first kappa shape index (κ1) is 20.3. The number of anilines is 1. The highest BCUT2D eigenvalue weighted by molar-refractivity contribution is 5.98. The molecule has 0 aliphatic carbocycles. The second-order valence-corrected chi connectivity index (χ2v) is 8.10. The van der Waals surface area contributed by atoms with Crippen molar-refractivity contribution in [2.45, 2.75) is 31.5 Å². The number of carbonyl (C=O) groups is 2. The third-order valence-electron chi connectivity index (χ3n) is 5.96. The van der Waals surface area contributed by atoms with Crippen LogP contribution in [0.25, 0.3) is 5.69 Å². The quantitative estimate of drug-likeness (QED) is 0.660. The predicted molar refractivity (Wildman–Crippen MR) is 118 cm³/mol. The van der Waals surface area contributed by atoms with Gasteiger partial charge in [-0.25, -0.2) is 4.68 Å². The van der Waals surface area contributed by atoms with E-state index in [4.69, 9.17) is 4.74 Å². The van der Waals surface area contributed by atoms with Crippen LogP contribution in [0.4, 0.5) is 5.69 Å². The lowest BCUT2D eigenvalue weighted by Crippen LogP contribution is -2.51. The number of likely N-dealkylation sites (tertiary alicyclic amines) is 1.